The molecule has 1 fully saturated rings. The van der Waals surface area contributed by atoms with Gasteiger partial charge in [-0.25, -0.2) is 4.98 Å². The summed E-state index contributed by atoms with van der Waals surface area (Å²) < 4.78 is 28.8. The number of nitriles is 1. The number of aromatic nitrogens is 2. The lowest BCUT2D eigenvalue weighted by atomic mass is 9.73. The molecular weight excluding hydrogens is 420 g/mol. The number of anilines is 2. The molecule has 1 aliphatic carbocycles. The van der Waals surface area contributed by atoms with Crippen molar-refractivity contribution in [2.24, 2.45) is 5.41 Å². The van der Waals surface area contributed by atoms with Crippen LogP contribution in [0.4, 0.5) is 20.5 Å². The smallest absolute Gasteiger partial charge is 0.387 e. The maximum atomic E-state index is 12.2. The fraction of sp³-hybridized carbons (Fsp3) is 0.500. The summed E-state index contributed by atoms with van der Waals surface area (Å²) in [5.41, 5.74) is 0.570. The van der Waals surface area contributed by atoms with E-state index in [1.54, 1.807) is 0 Å². The van der Waals surface area contributed by atoms with Crippen LogP contribution in [0, 0.1) is 16.7 Å². The molecule has 3 atom stereocenters. The summed E-state index contributed by atoms with van der Waals surface area (Å²) in [6.45, 7) is 1.19. The van der Waals surface area contributed by atoms with E-state index < -0.39 is 12.7 Å². The predicted molar refractivity (Wildman–Crippen MR) is 114 cm³/mol. The van der Waals surface area contributed by atoms with E-state index >= 15 is 0 Å². The van der Waals surface area contributed by atoms with Crippen LogP contribution in [0.5, 0.6) is 5.75 Å². The Morgan fingerprint density at radius 3 is 2.62 bits per heavy atom. The molecule has 172 valence electrons. The van der Waals surface area contributed by atoms with Gasteiger partial charge in [-0.05, 0) is 42.4 Å². The highest BCUT2D eigenvalue weighted by atomic mass is 19.3. The average Bonchev–Trinajstić information content (AvgIpc) is 2.74. The fourth-order valence-electron chi connectivity index (χ4n) is 3.78. The minimum atomic E-state index is -2.91. The molecule has 0 spiro atoms. The van der Waals surface area contributed by atoms with E-state index in [1.807, 2.05) is 13.8 Å². The number of hydrogen-bond donors (Lipinski definition) is 4. The Labute approximate surface area is 185 Å². The van der Waals surface area contributed by atoms with Crippen molar-refractivity contribution in [2.75, 3.05) is 17.2 Å². The highest BCUT2D eigenvalue weighted by molar-refractivity contribution is 5.54. The fourth-order valence-corrected chi connectivity index (χ4v) is 3.78. The van der Waals surface area contributed by atoms with E-state index in [0.29, 0.717) is 23.4 Å². The topological polar surface area (TPSA) is 123 Å². The zero-order chi connectivity index (χ0) is 23.3. The van der Waals surface area contributed by atoms with Crippen molar-refractivity contribution in [3.63, 3.8) is 0 Å². The number of nitrogens with zero attached hydrogens (tertiary/aromatic N) is 3. The average molecular weight is 447 g/mol. The molecular formula is C22H27F2N5O3. The first-order valence-electron chi connectivity index (χ1n) is 10.4. The lowest BCUT2D eigenvalue weighted by Gasteiger charge is -2.40. The van der Waals surface area contributed by atoms with Crippen molar-refractivity contribution in [1.82, 2.24) is 9.97 Å². The Morgan fingerprint density at radius 2 is 2.00 bits per heavy atom. The number of rotatable bonds is 8. The van der Waals surface area contributed by atoms with Crippen molar-refractivity contribution in [3.05, 3.63) is 41.6 Å². The number of alkyl halides is 2. The van der Waals surface area contributed by atoms with E-state index in [2.05, 4.69) is 31.4 Å². The van der Waals surface area contributed by atoms with Crippen LogP contribution >= 0.6 is 0 Å². The van der Waals surface area contributed by atoms with Crippen molar-refractivity contribution in [3.8, 4) is 11.8 Å². The van der Waals surface area contributed by atoms with Crippen LogP contribution in [-0.2, 0) is 0 Å². The molecule has 0 aliphatic heterocycles. The highest BCUT2D eigenvalue weighted by Crippen LogP contribution is 2.37. The van der Waals surface area contributed by atoms with Gasteiger partial charge in [0.2, 0.25) is 5.95 Å². The summed E-state index contributed by atoms with van der Waals surface area (Å²) >= 11 is 0. The third kappa shape index (κ3) is 6.02. The SMILES string of the molecule is CC1(C)C[C@H](Nc2nc(NCC(O)c3ccc(OC(F)F)cc3)ncc2C#N)CC[C@@H]1O. The first-order chi connectivity index (χ1) is 15.2. The first-order valence-corrected chi connectivity index (χ1v) is 10.4. The van der Waals surface area contributed by atoms with Crippen molar-refractivity contribution in [1.29, 1.82) is 5.26 Å². The van der Waals surface area contributed by atoms with Gasteiger partial charge in [0.15, 0.2) is 0 Å². The van der Waals surface area contributed by atoms with Gasteiger partial charge >= 0.3 is 6.61 Å². The van der Waals surface area contributed by atoms with Crippen LogP contribution in [0.2, 0.25) is 0 Å². The molecule has 0 radical (unpaired) electrons. The lowest BCUT2D eigenvalue weighted by molar-refractivity contribution is -0.0498. The first kappa shape index (κ1) is 23.6. The summed E-state index contributed by atoms with van der Waals surface area (Å²) in [4.78, 5) is 8.50. The van der Waals surface area contributed by atoms with E-state index in [-0.39, 0.29) is 35.8 Å². The second-order valence-corrected chi connectivity index (χ2v) is 8.54. The van der Waals surface area contributed by atoms with Gasteiger partial charge < -0.3 is 25.6 Å². The Balaban J connectivity index is 1.63. The third-order valence-electron chi connectivity index (χ3n) is 5.66. The lowest BCUT2D eigenvalue weighted by Crippen LogP contribution is -2.41. The predicted octanol–water partition coefficient (Wildman–Crippen LogP) is 3.45. The molecule has 1 unspecified atom stereocenters. The summed E-state index contributed by atoms with van der Waals surface area (Å²) in [5, 5.41) is 36.1. The molecule has 1 saturated carbocycles. The van der Waals surface area contributed by atoms with Gasteiger partial charge in [-0.3, -0.25) is 0 Å². The standard InChI is InChI=1S/C22H27F2N5O3/c1-22(2)9-15(5-8-18(22)31)28-19-14(10-25)11-26-21(29-19)27-12-17(30)13-3-6-16(7-4-13)32-20(23)24/h3-4,6-7,11,15,17-18,20,30-31H,5,8-9,12H2,1-2H3,(H2,26,27,28,29)/t15-,17?,18+/m1/s1. The molecule has 10 heteroatoms. The van der Waals surface area contributed by atoms with Crippen LogP contribution < -0.4 is 15.4 Å². The second kappa shape index (κ2) is 10.1. The molecule has 1 aromatic carbocycles. The number of benzene rings is 1. The zero-order valence-electron chi connectivity index (χ0n) is 17.9. The largest absolute Gasteiger partial charge is 0.435 e. The van der Waals surface area contributed by atoms with Gasteiger partial charge in [-0.2, -0.15) is 19.0 Å². The van der Waals surface area contributed by atoms with E-state index in [4.69, 9.17) is 0 Å². The Hall–Kier alpha value is -3.03. The third-order valence-corrected chi connectivity index (χ3v) is 5.66. The molecule has 3 rings (SSSR count). The Bertz CT molecular complexity index is 950. The minimum Gasteiger partial charge on any atom is -0.435 e. The van der Waals surface area contributed by atoms with Gasteiger partial charge in [0.05, 0.1) is 18.4 Å². The molecule has 0 bridgehead atoms. The Morgan fingerprint density at radius 1 is 1.28 bits per heavy atom. The van der Waals surface area contributed by atoms with Crippen LogP contribution in [-0.4, -0.2) is 45.5 Å². The van der Waals surface area contributed by atoms with E-state index in [9.17, 15) is 24.3 Å². The maximum Gasteiger partial charge on any atom is 0.387 e. The summed E-state index contributed by atoms with van der Waals surface area (Å²) in [6, 6.07) is 7.83. The molecule has 8 nitrogen and oxygen atoms in total. The van der Waals surface area contributed by atoms with Gasteiger partial charge in [-0.1, -0.05) is 26.0 Å². The summed E-state index contributed by atoms with van der Waals surface area (Å²) in [5.74, 6) is 0.636. The number of ether oxygens (including phenoxy) is 1. The molecule has 4 N–H and O–H groups in total. The summed E-state index contributed by atoms with van der Waals surface area (Å²) in [6.07, 6.45) is 2.25. The van der Waals surface area contributed by atoms with Gasteiger partial charge in [0, 0.05) is 12.6 Å². The van der Waals surface area contributed by atoms with Crippen LogP contribution in [0.3, 0.4) is 0 Å². The molecule has 1 aliphatic rings. The van der Waals surface area contributed by atoms with Crippen LogP contribution in [0.15, 0.2) is 30.5 Å². The molecule has 2 aromatic rings. The minimum absolute atomic E-state index is 0.00783. The van der Waals surface area contributed by atoms with Gasteiger partial charge in [0.25, 0.3) is 0 Å². The van der Waals surface area contributed by atoms with Crippen LogP contribution in [0.25, 0.3) is 0 Å². The quantitative estimate of drug-likeness (QED) is 0.485. The number of aliphatic hydroxyl groups excluding tert-OH is 2. The van der Waals surface area contributed by atoms with E-state index in [1.165, 1.54) is 30.5 Å². The molecule has 32 heavy (non-hydrogen) atoms. The Kier molecular flexibility index (Phi) is 7.43. The normalized spacial score (nSPS) is 20.9. The zero-order valence-corrected chi connectivity index (χ0v) is 17.9. The summed E-state index contributed by atoms with van der Waals surface area (Å²) in [7, 11) is 0. The molecule has 1 aromatic heterocycles. The van der Waals surface area contributed by atoms with Crippen LogP contribution in [0.1, 0.15) is 50.3 Å². The molecule has 0 saturated heterocycles. The number of hydrogen-bond acceptors (Lipinski definition) is 8. The van der Waals surface area contributed by atoms with E-state index in [0.717, 1.165) is 12.8 Å². The molecule has 0 amide bonds. The van der Waals surface area contributed by atoms with Crippen molar-refractivity contribution >= 4 is 11.8 Å². The number of halogens is 2. The molecule has 1 heterocycles. The van der Waals surface area contributed by atoms with Crippen molar-refractivity contribution < 1.29 is 23.7 Å². The highest BCUT2D eigenvalue weighted by Gasteiger charge is 2.35. The monoisotopic (exact) mass is 447 g/mol. The van der Waals surface area contributed by atoms with Crippen molar-refractivity contribution in [2.45, 2.75) is 58.0 Å². The van der Waals surface area contributed by atoms with Gasteiger partial charge in [-0.15, -0.1) is 0 Å². The maximum absolute atomic E-state index is 12.2. The number of nitrogens with one attached hydrogen (secondary N) is 2. The van der Waals surface area contributed by atoms with Gasteiger partial charge in [0.1, 0.15) is 23.2 Å². The number of aliphatic hydroxyl groups is 2. The second-order valence-electron chi connectivity index (χ2n) is 8.54.